The summed E-state index contributed by atoms with van der Waals surface area (Å²) in [7, 11) is 3.48. The molecule has 0 bridgehead atoms. The Morgan fingerprint density at radius 3 is 2.52 bits per heavy atom. The number of aromatic nitrogens is 3. The first-order valence-electron chi connectivity index (χ1n) is 8.65. The molecule has 0 aliphatic carbocycles. The number of aromatic hydroxyl groups is 1. The lowest BCUT2D eigenvalue weighted by atomic mass is 10.2. The number of nitrogens with zero attached hydrogens (tertiary/aromatic N) is 6. The summed E-state index contributed by atoms with van der Waals surface area (Å²) in [6.45, 7) is 0. The number of hydrogen-bond acceptors (Lipinski definition) is 10. The van der Waals surface area contributed by atoms with Crippen molar-refractivity contribution in [3.05, 3.63) is 62.4 Å². The minimum absolute atomic E-state index is 0.0727. The topological polar surface area (TPSA) is 142 Å². The number of nitrogens with one attached hydrogen (secondary N) is 2. The van der Waals surface area contributed by atoms with Crippen molar-refractivity contribution in [1.82, 2.24) is 15.0 Å². The van der Waals surface area contributed by atoms with Gasteiger partial charge in [-0.15, -0.1) is 0 Å². The predicted octanol–water partition coefficient (Wildman–Crippen LogP) is 3.64. The van der Waals surface area contributed by atoms with Gasteiger partial charge in [-0.25, -0.2) is 9.82 Å². The van der Waals surface area contributed by atoms with E-state index in [1.54, 1.807) is 19.0 Å². The van der Waals surface area contributed by atoms with Crippen LogP contribution in [0.5, 0.6) is 5.75 Å². The molecule has 31 heavy (non-hydrogen) atoms. The molecule has 0 atom stereocenters. The van der Waals surface area contributed by atoms with Crippen LogP contribution < -0.4 is 15.6 Å². The van der Waals surface area contributed by atoms with Gasteiger partial charge in [-0.2, -0.15) is 20.1 Å². The van der Waals surface area contributed by atoms with E-state index in [9.17, 15) is 19.6 Å². The van der Waals surface area contributed by atoms with Crippen molar-refractivity contribution in [2.45, 2.75) is 0 Å². The van der Waals surface area contributed by atoms with Gasteiger partial charge in [-0.05, 0) is 30.3 Å². The number of rotatable bonds is 7. The third-order valence-electron chi connectivity index (χ3n) is 3.77. The zero-order valence-electron chi connectivity index (χ0n) is 16.2. The van der Waals surface area contributed by atoms with Crippen LogP contribution >= 0.6 is 15.9 Å². The van der Waals surface area contributed by atoms with E-state index in [4.69, 9.17) is 0 Å². The van der Waals surface area contributed by atoms with E-state index in [2.05, 4.69) is 46.7 Å². The highest BCUT2D eigenvalue weighted by atomic mass is 79.9. The van der Waals surface area contributed by atoms with E-state index in [-0.39, 0.29) is 23.3 Å². The monoisotopic (exact) mass is 490 g/mol. The van der Waals surface area contributed by atoms with Gasteiger partial charge in [0.15, 0.2) is 0 Å². The number of nitro groups is 1. The summed E-state index contributed by atoms with van der Waals surface area (Å²) in [5.74, 6) is -0.323. The Kier molecular flexibility index (Phi) is 6.55. The third-order valence-corrected chi connectivity index (χ3v) is 4.23. The summed E-state index contributed by atoms with van der Waals surface area (Å²) in [6, 6.07) is 8.30. The van der Waals surface area contributed by atoms with E-state index >= 15 is 0 Å². The van der Waals surface area contributed by atoms with Gasteiger partial charge in [0.25, 0.3) is 0 Å². The van der Waals surface area contributed by atoms with Crippen molar-refractivity contribution in [3.8, 4) is 5.75 Å². The quantitative estimate of drug-likeness (QED) is 0.257. The van der Waals surface area contributed by atoms with Crippen LogP contribution in [0, 0.1) is 15.9 Å². The van der Waals surface area contributed by atoms with Gasteiger partial charge < -0.3 is 15.3 Å². The van der Waals surface area contributed by atoms with Crippen LogP contribution in [0.4, 0.5) is 33.6 Å². The molecule has 0 radical (unpaired) electrons. The maximum atomic E-state index is 13.1. The Balaban J connectivity index is 1.85. The molecule has 13 heteroatoms. The van der Waals surface area contributed by atoms with Gasteiger partial charge in [0.2, 0.25) is 23.6 Å². The predicted molar refractivity (Wildman–Crippen MR) is 118 cm³/mol. The molecule has 11 nitrogen and oxygen atoms in total. The first-order chi connectivity index (χ1) is 14.7. The van der Waals surface area contributed by atoms with Crippen molar-refractivity contribution in [3.63, 3.8) is 0 Å². The number of hydrazone groups is 1. The van der Waals surface area contributed by atoms with Crippen molar-refractivity contribution in [1.29, 1.82) is 0 Å². The summed E-state index contributed by atoms with van der Waals surface area (Å²) >= 11 is 3.16. The molecule has 0 saturated carbocycles. The van der Waals surface area contributed by atoms with Crippen LogP contribution in [0.1, 0.15) is 5.56 Å². The Labute approximate surface area is 184 Å². The highest BCUT2D eigenvalue weighted by Crippen LogP contribution is 2.32. The lowest BCUT2D eigenvalue weighted by Crippen LogP contribution is -2.15. The molecule has 160 valence electrons. The van der Waals surface area contributed by atoms with Crippen molar-refractivity contribution in [2.75, 3.05) is 29.7 Å². The molecule has 0 amide bonds. The highest BCUT2D eigenvalue weighted by molar-refractivity contribution is 9.10. The zero-order chi connectivity index (χ0) is 22.5. The van der Waals surface area contributed by atoms with Gasteiger partial charge in [-0.1, -0.05) is 15.9 Å². The molecular weight excluding hydrogens is 475 g/mol. The molecule has 1 heterocycles. The van der Waals surface area contributed by atoms with E-state index in [0.29, 0.717) is 16.1 Å². The lowest BCUT2D eigenvalue weighted by molar-refractivity contribution is -0.385. The van der Waals surface area contributed by atoms with E-state index < -0.39 is 16.4 Å². The molecule has 0 spiro atoms. The molecular formula is C18H16BrFN8O3. The Morgan fingerprint density at radius 1 is 1.19 bits per heavy atom. The van der Waals surface area contributed by atoms with Crippen LogP contribution in [0.3, 0.4) is 0 Å². The Bertz CT molecular complexity index is 1140. The summed E-state index contributed by atoms with van der Waals surface area (Å²) in [6.07, 6.45) is 1.19. The number of anilines is 4. The van der Waals surface area contributed by atoms with Gasteiger partial charge in [0, 0.05) is 35.9 Å². The van der Waals surface area contributed by atoms with Crippen LogP contribution in [0.15, 0.2) is 46.0 Å². The summed E-state index contributed by atoms with van der Waals surface area (Å²) in [4.78, 5) is 24.6. The van der Waals surface area contributed by atoms with Crippen molar-refractivity contribution < 1.29 is 14.4 Å². The molecule has 0 saturated heterocycles. The maximum absolute atomic E-state index is 13.1. The maximum Gasteiger partial charge on any atom is 0.312 e. The molecule has 0 aliphatic heterocycles. The molecule has 1 aromatic heterocycles. The lowest BCUT2D eigenvalue weighted by Gasteiger charge is -2.13. The second kappa shape index (κ2) is 9.30. The van der Waals surface area contributed by atoms with Crippen molar-refractivity contribution in [2.24, 2.45) is 5.10 Å². The van der Waals surface area contributed by atoms with Crippen LogP contribution in [-0.4, -0.2) is 45.3 Å². The Morgan fingerprint density at radius 2 is 1.87 bits per heavy atom. The van der Waals surface area contributed by atoms with E-state index in [1.165, 1.54) is 42.6 Å². The highest BCUT2D eigenvalue weighted by Gasteiger charge is 2.17. The Hall–Kier alpha value is -3.87. The third kappa shape index (κ3) is 5.60. The molecule has 3 N–H and O–H groups in total. The fourth-order valence-electron chi connectivity index (χ4n) is 2.34. The largest absolute Gasteiger partial charge is 0.502 e. The van der Waals surface area contributed by atoms with Crippen molar-refractivity contribution >= 4 is 51.4 Å². The molecule has 2 aromatic carbocycles. The molecule has 0 unspecified atom stereocenters. The normalized spacial score (nSPS) is 10.8. The fourth-order valence-corrected chi connectivity index (χ4v) is 2.80. The second-order valence-corrected chi connectivity index (χ2v) is 7.21. The molecule has 3 aromatic rings. The van der Waals surface area contributed by atoms with Crippen LogP contribution in [0.2, 0.25) is 0 Å². The minimum Gasteiger partial charge on any atom is -0.502 e. The average Bonchev–Trinajstić information content (AvgIpc) is 2.71. The fraction of sp³-hybridized carbons (Fsp3) is 0.111. The standard InChI is InChI=1S/C18H16BrFN8O3/c1-27(2)18-24-16(22-13-5-3-12(20)4-6-13)23-17(25-18)26-21-9-10-7-11(19)8-14(15(10)29)28(30)31/h3-9,29H,1-2H3,(H2,22,23,24,25,26)/b21-9-. The average molecular weight is 491 g/mol. The number of benzene rings is 2. The van der Waals surface area contributed by atoms with Gasteiger partial charge in [-0.3, -0.25) is 10.1 Å². The van der Waals surface area contributed by atoms with Crippen LogP contribution in [0.25, 0.3) is 0 Å². The van der Waals surface area contributed by atoms with Gasteiger partial charge >= 0.3 is 5.69 Å². The minimum atomic E-state index is -0.701. The number of phenolic OH excluding ortho intramolecular Hbond substituents is 1. The van der Waals surface area contributed by atoms with Gasteiger partial charge in [0.05, 0.1) is 11.1 Å². The molecule has 0 fully saturated rings. The number of hydrogen-bond donors (Lipinski definition) is 3. The molecule has 0 aliphatic rings. The number of halogens is 2. The van der Waals surface area contributed by atoms with E-state index in [0.717, 1.165) is 0 Å². The summed E-state index contributed by atoms with van der Waals surface area (Å²) in [5.41, 5.74) is 2.82. The smallest absolute Gasteiger partial charge is 0.312 e. The summed E-state index contributed by atoms with van der Waals surface area (Å²) in [5, 5.41) is 28.0. The zero-order valence-corrected chi connectivity index (χ0v) is 17.8. The molecule has 3 rings (SSSR count). The summed E-state index contributed by atoms with van der Waals surface area (Å²) < 4.78 is 13.5. The van der Waals surface area contributed by atoms with E-state index in [1.807, 2.05) is 0 Å². The first-order valence-corrected chi connectivity index (χ1v) is 9.44. The first kappa shape index (κ1) is 21.8. The second-order valence-electron chi connectivity index (χ2n) is 6.30. The SMILES string of the molecule is CN(C)c1nc(N/N=C\c2cc(Br)cc([N+](=O)[O-])c2O)nc(Nc2ccc(F)cc2)n1. The number of phenols is 1. The number of nitro benzene ring substituents is 1. The van der Waals surface area contributed by atoms with Crippen LogP contribution in [-0.2, 0) is 0 Å². The van der Waals surface area contributed by atoms with Gasteiger partial charge in [0.1, 0.15) is 5.82 Å².